The summed E-state index contributed by atoms with van der Waals surface area (Å²) in [5.41, 5.74) is 2.23. The molecule has 2 aliphatic heterocycles. The van der Waals surface area contributed by atoms with Crippen molar-refractivity contribution in [1.29, 1.82) is 0 Å². The zero-order valence-corrected chi connectivity index (χ0v) is 16.3. The molecule has 1 N–H and O–H groups in total. The summed E-state index contributed by atoms with van der Waals surface area (Å²) in [4.78, 5) is 23.1. The van der Waals surface area contributed by atoms with E-state index >= 15 is 0 Å². The largest absolute Gasteiger partial charge is 0.442 e. The Kier molecular flexibility index (Phi) is 6.46. The van der Waals surface area contributed by atoms with Crippen LogP contribution in [0.15, 0.2) is 48.1 Å². The molecule has 10 heteroatoms. The quantitative estimate of drug-likeness (QED) is 0.329. The van der Waals surface area contributed by atoms with Gasteiger partial charge in [-0.15, -0.1) is 0 Å². The summed E-state index contributed by atoms with van der Waals surface area (Å²) in [7, 11) is 1.39. The molecule has 1 saturated heterocycles. The zero-order chi connectivity index (χ0) is 21.8. The Morgan fingerprint density at radius 2 is 2.20 bits per heavy atom. The summed E-state index contributed by atoms with van der Waals surface area (Å²) in [5.74, 6) is -3.40. The van der Waals surface area contributed by atoms with E-state index in [1.165, 1.54) is 24.3 Å². The van der Waals surface area contributed by atoms with Gasteiger partial charge in [-0.25, -0.2) is 23.4 Å². The van der Waals surface area contributed by atoms with Crippen LogP contribution in [0.5, 0.6) is 0 Å². The number of hydroxylamine groups is 1. The molecule has 1 aromatic carbocycles. The number of carbonyl (C=O) groups is 1. The number of rotatable bonds is 6. The number of carbonyl (C=O) groups excluding carboxylic acids is 1. The zero-order valence-electron chi connectivity index (χ0n) is 16.3. The molecule has 1 atom stereocenters. The summed E-state index contributed by atoms with van der Waals surface area (Å²) in [5, 5.41) is 0. The van der Waals surface area contributed by atoms with Gasteiger partial charge in [0.1, 0.15) is 17.6 Å². The van der Waals surface area contributed by atoms with Gasteiger partial charge in [0.2, 0.25) is 0 Å². The Hall–Kier alpha value is -3.27. The number of benzene rings is 1. The Morgan fingerprint density at radius 3 is 2.83 bits per heavy atom. The minimum atomic E-state index is -1.38. The lowest BCUT2D eigenvalue weighted by atomic mass is 10.1. The summed E-state index contributed by atoms with van der Waals surface area (Å²) in [6, 6.07) is 0.791. The molecular formula is C20H21F3N4O3. The molecule has 2 heterocycles. The molecule has 3 rings (SSSR count). The van der Waals surface area contributed by atoms with E-state index in [1.54, 1.807) is 6.08 Å². The molecule has 0 spiro atoms. The predicted octanol–water partition coefficient (Wildman–Crippen LogP) is 3.44. The molecule has 1 fully saturated rings. The molecule has 1 aromatic rings. The molecule has 0 aromatic heterocycles. The third-order valence-corrected chi connectivity index (χ3v) is 4.60. The molecule has 0 aliphatic carbocycles. The number of allylic oxidation sites excluding steroid dienone is 1. The van der Waals surface area contributed by atoms with Crippen LogP contribution in [0.4, 0.5) is 29.3 Å². The maximum atomic E-state index is 14.8. The van der Waals surface area contributed by atoms with Gasteiger partial charge in [0.05, 0.1) is 25.9 Å². The highest BCUT2D eigenvalue weighted by molar-refractivity contribution is 5.92. The summed E-state index contributed by atoms with van der Waals surface area (Å²) in [6.07, 6.45) is 3.26. The van der Waals surface area contributed by atoms with Crippen LogP contribution in [0.3, 0.4) is 0 Å². The predicted molar refractivity (Wildman–Crippen MR) is 107 cm³/mol. The Bertz CT molecular complexity index is 932. The first-order valence-corrected chi connectivity index (χ1v) is 9.09. The highest BCUT2D eigenvalue weighted by Gasteiger charge is 2.36. The number of nitrogens with zero attached hydrogens (tertiary/aromatic N) is 3. The van der Waals surface area contributed by atoms with E-state index in [0.717, 1.165) is 16.5 Å². The molecule has 0 bridgehead atoms. The molecule has 1 unspecified atom stereocenters. The van der Waals surface area contributed by atoms with Crippen molar-refractivity contribution in [3.8, 4) is 0 Å². The second-order valence-corrected chi connectivity index (χ2v) is 6.62. The summed E-state index contributed by atoms with van der Waals surface area (Å²) >= 11 is 0. The van der Waals surface area contributed by atoms with Crippen LogP contribution in [-0.2, 0) is 9.57 Å². The van der Waals surface area contributed by atoms with Crippen molar-refractivity contribution in [3.63, 3.8) is 0 Å². The number of anilines is 2. The number of amides is 1. The van der Waals surface area contributed by atoms with Crippen molar-refractivity contribution in [2.45, 2.75) is 12.5 Å². The van der Waals surface area contributed by atoms with E-state index in [-0.39, 0.29) is 19.6 Å². The van der Waals surface area contributed by atoms with Gasteiger partial charge in [0, 0.05) is 18.8 Å². The van der Waals surface area contributed by atoms with Crippen LogP contribution in [-0.4, -0.2) is 44.8 Å². The van der Waals surface area contributed by atoms with Crippen molar-refractivity contribution in [3.05, 3.63) is 60.6 Å². The maximum absolute atomic E-state index is 14.8. The van der Waals surface area contributed by atoms with Crippen LogP contribution < -0.4 is 15.3 Å². The van der Waals surface area contributed by atoms with Gasteiger partial charge < -0.3 is 9.64 Å². The Balaban J connectivity index is 1.82. The lowest BCUT2D eigenvalue weighted by Gasteiger charge is -2.26. The van der Waals surface area contributed by atoms with Crippen molar-refractivity contribution < 1.29 is 27.5 Å². The number of amidine groups is 1. The average molecular weight is 422 g/mol. The Labute approximate surface area is 171 Å². The molecular weight excluding hydrogens is 401 g/mol. The molecule has 1 amide bonds. The fourth-order valence-electron chi connectivity index (χ4n) is 3.09. The first-order chi connectivity index (χ1) is 14.3. The number of halogens is 3. The second kappa shape index (κ2) is 9.04. The molecule has 7 nitrogen and oxygen atoms in total. The molecule has 0 radical (unpaired) electrons. The lowest BCUT2D eigenvalue weighted by Crippen LogP contribution is -2.29. The van der Waals surface area contributed by atoms with Crippen molar-refractivity contribution in [2.75, 3.05) is 36.5 Å². The van der Waals surface area contributed by atoms with E-state index in [4.69, 9.17) is 9.57 Å². The highest BCUT2D eigenvalue weighted by atomic mass is 19.2. The minimum Gasteiger partial charge on any atom is -0.442 e. The fraction of sp³-hybridized carbons (Fsp3) is 0.300. The first kappa shape index (κ1) is 21.4. The van der Waals surface area contributed by atoms with Gasteiger partial charge in [0.15, 0.2) is 17.5 Å². The smallest absolute Gasteiger partial charge is 0.414 e. The maximum Gasteiger partial charge on any atom is 0.414 e. The first-order valence-electron chi connectivity index (χ1n) is 9.09. The van der Waals surface area contributed by atoms with E-state index in [9.17, 15) is 18.0 Å². The van der Waals surface area contributed by atoms with Crippen LogP contribution in [0.1, 0.15) is 6.42 Å². The average Bonchev–Trinajstić information content (AvgIpc) is 3.09. The van der Waals surface area contributed by atoms with E-state index < -0.39 is 41.0 Å². The van der Waals surface area contributed by atoms with Crippen LogP contribution in [0.25, 0.3) is 0 Å². The normalized spacial score (nSPS) is 19.3. The van der Waals surface area contributed by atoms with E-state index in [1.807, 2.05) is 0 Å². The monoisotopic (exact) mass is 422 g/mol. The Morgan fingerprint density at radius 1 is 1.43 bits per heavy atom. The second-order valence-electron chi connectivity index (χ2n) is 6.62. The van der Waals surface area contributed by atoms with Gasteiger partial charge in [0.25, 0.3) is 0 Å². The molecule has 30 heavy (non-hydrogen) atoms. The third kappa shape index (κ3) is 4.33. The van der Waals surface area contributed by atoms with Gasteiger partial charge >= 0.3 is 6.09 Å². The van der Waals surface area contributed by atoms with Crippen molar-refractivity contribution in [1.82, 2.24) is 5.48 Å². The number of hydrogen-bond acceptors (Lipinski definition) is 5. The molecule has 160 valence electrons. The van der Waals surface area contributed by atoms with Gasteiger partial charge in [-0.05, 0) is 18.6 Å². The summed E-state index contributed by atoms with van der Waals surface area (Å²) < 4.78 is 49.3. The lowest BCUT2D eigenvalue weighted by molar-refractivity contribution is 0.140. The summed E-state index contributed by atoms with van der Waals surface area (Å²) in [6.45, 7) is 7.47. The van der Waals surface area contributed by atoms with Gasteiger partial charge in [-0.1, -0.05) is 18.7 Å². The van der Waals surface area contributed by atoms with E-state index in [2.05, 4.69) is 23.6 Å². The number of nitrogens with one attached hydrogen (secondary N) is 1. The fourth-order valence-corrected chi connectivity index (χ4v) is 3.09. The van der Waals surface area contributed by atoms with Crippen LogP contribution in [0.2, 0.25) is 0 Å². The number of ether oxygens (including phenoxy) is 1. The number of hydrogen-bond donors (Lipinski definition) is 1. The topological polar surface area (TPSA) is 66.4 Å². The van der Waals surface area contributed by atoms with Crippen molar-refractivity contribution >= 4 is 23.3 Å². The highest BCUT2D eigenvalue weighted by Crippen LogP contribution is 2.35. The van der Waals surface area contributed by atoms with Crippen molar-refractivity contribution in [2.24, 2.45) is 4.99 Å². The molecule has 0 saturated carbocycles. The number of aliphatic imine (C=N–C) groups is 1. The standard InChI is InChI=1S/C20H21F3N4O3/c1-4-16(25-29-3)24-10-13-11-27(20(28)30-13)15-9-14(21)19(18(23)17(15)22)26-7-5-12(2)6-8-26/h4-5,7,9,13H,1-2,6,8,10-11H2,3H3,(H,24,25). The molecule has 2 aliphatic rings. The van der Waals surface area contributed by atoms with Gasteiger partial charge in [-0.2, -0.15) is 0 Å². The third-order valence-electron chi connectivity index (χ3n) is 4.60. The van der Waals surface area contributed by atoms with E-state index in [0.29, 0.717) is 12.3 Å². The van der Waals surface area contributed by atoms with Crippen LogP contribution >= 0.6 is 0 Å². The van der Waals surface area contributed by atoms with Gasteiger partial charge in [-0.3, -0.25) is 14.7 Å². The minimum absolute atomic E-state index is 0.0209. The van der Waals surface area contributed by atoms with Crippen LogP contribution in [0, 0.1) is 17.5 Å². The number of cyclic esters (lactones) is 1. The SMILES string of the molecule is C=CC(=NCC1CN(c2cc(F)c(N3C=CC(=C)CC3)c(F)c2F)C(=O)O1)NOC.